The SMILES string of the molecule is O=C(CO)SC(=O)CCC(F)(F)C(F)(F)C(F)(F)C(F)(F)C(F)(F)F. The van der Waals surface area contributed by atoms with Crippen LogP contribution in [-0.4, -0.2) is 51.8 Å². The molecule has 0 aromatic rings. The van der Waals surface area contributed by atoms with Crippen molar-refractivity contribution in [1.82, 2.24) is 0 Å². The summed E-state index contributed by atoms with van der Waals surface area (Å²) in [5, 5.41) is 5.28. The molecule has 1 N–H and O–H groups in total. The van der Waals surface area contributed by atoms with Gasteiger partial charge in [0.25, 0.3) is 0 Å². The Bertz CT molecular complexity index is 515. The van der Waals surface area contributed by atoms with Crippen LogP contribution in [0, 0.1) is 0 Å². The van der Waals surface area contributed by atoms with Gasteiger partial charge < -0.3 is 5.11 Å². The first-order valence-electron chi connectivity index (χ1n) is 5.77. The zero-order valence-corrected chi connectivity index (χ0v) is 12.3. The molecular weight excluding hydrogens is 409 g/mol. The highest BCUT2D eigenvalue weighted by atomic mass is 32.2. The number of aliphatic hydroxyl groups excluding tert-OH is 1. The number of hydrogen-bond donors (Lipinski definition) is 1. The summed E-state index contributed by atoms with van der Waals surface area (Å²) >= 11 is -0.453. The van der Waals surface area contributed by atoms with E-state index in [2.05, 4.69) is 0 Å². The zero-order valence-electron chi connectivity index (χ0n) is 11.5. The van der Waals surface area contributed by atoms with E-state index in [0.29, 0.717) is 0 Å². The summed E-state index contributed by atoms with van der Waals surface area (Å²) in [5.74, 6) is -28.3. The number of aliphatic hydroxyl groups is 1. The third kappa shape index (κ3) is 4.54. The number of thioether (sulfide) groups is 1. The maximum Gasteiger partial charge on any atom is 0.460 e. The third-order valence-electron chi connectivity index (χ3n) is 2.60. The van der Waals surface area contributed by atoms with Gasteiger partial charge in [0.1, 0.15) is 6.61 Å². The Labute approximate surface area is 135 Å². The molecule has 25 heavy (non-hydrogen) atoms. The second-order valence-electron chi connectivity index (χ2n) is 4.43. The molecule has 0 aromatic carbocycles. The van der Waals surface area contributed by atoms with Gasteiger partial charge in [0.2, 0.25) is 5.12 Å². The van der Waals surface area contributed by atoms with Crippen molar-refractivity contribution in [2.75, 3.05) is 6.61 Å². The van der Waals surface area contributed by atoms with Crippen LogP contribution in [0.25, 0.3) is 0 Å². The molecule has 0 saturated heterocycles. The second kappa shape index (κ2) is 7.25. The van der Waals surface area contributed by atoms with E-state index in [0.717, 1.165) is 0 Å². The van der Waals surface area contributed by atoms with Gasteiger partial charge in [-0.25, -0.2) is 0 Å². The maximum atomic E-state index is 13.2. The normalized spacial score (nSPS) is 14.6. The Kier molecular flexibility index (Phi) is 6.92. The van der Waals surface area contributed by atoms with E-state index in [-0.39, 0.29) is 0 Å². The van der Waals surface area contributed by atoms with Crippen molar-refractivity contribution in [2.45, 2.75) is 42.7 Å². The van der Waals surface area contributed by atoms with Crippen molar-refractivity contribution >= 4 is 22.0 Å². The monoisotopic (exact) mass is 416 g/mol. The molecule has 0 aliphatic carbocycles. The minimum Gasteiger partial charge on any atom is -0.388 e. The highest BCUT2D eigenvalue weighted by molar-refractivity contribution is 8.26. The third-order valence-corrected chi connectivity index (χ3v) is 3.39. The lowest BCUT2D eigenvalue weighted by Gasteiger charge is -2.37. The Morgan fingerprint density at radius 3 is 1.52 bits per heavy atom. The fourth-order valence-electron chi connectivity index (χ4n) is 1.23. The first-order chi connectivity index (χ1) is 10.8. The molecule has 0 unspecified atom stereocenters. The molecule has 0 fully saturated rings. The van der Waals surface area contributed by atoms with Crippen LogP contribution in [0.1, 0.15) is 12.8 Å². The van der Waals surface area contributed by atoms with E-state index < -0.39 is 71.3 Å². The molecule has 0 bridgehead atoms. The number of carbonyl (C=O) groups excluding carboxylic acids is 2. The van der Waals surface area contributed by atoms with Crippen LogP contribution < -0.4 is 0 Å². The van der Waals surface area contributed by atoms with E-state index in [1.54, 1.807) is 0 Å². The fourth-order valence-corrected chi connectivity index (χ4v) is 1.75. The predicted molar refractivity (Wildman–Crippen MR) is 59.8 cm³/mol. The Morgan fingerprint density at radius 2 is 1.16 bits per heavy atom. The van der Waals surface area contributed by atoms with Crippen molar-refractivity contribution in [1.29, 1.82) is 0 Å². The van der Waals surface area contributed by atoms with Crippen LogP contribution >= 0.6 is 11.8 Å². The first kappa shape index (κ1) is 23.9. The highest BCUT2D eigenvalue weighted by Gasteiger charge is 2.86. The standard InChI is InChI=1S/C10H7F11O3S/c11-6(12,2-1-4(23)25-5(24)3-22)7(13,14)8(15,16)9(17,18)10(19,20)21/h22H,1-3H2. The van der Waals surface area contributed by atoms with Crippen LogP contribution in [0.3, 0.4) is 0 Å². The van der Waals surface area contributed by atoms with Gasteiger partial charge in [-0.15, -0.1) is 0 Å². The first-order valence-corrected chi connectivity index (χ1v) is 6.59. The summed E-state index contributed by atoms with van der Waals surface area (Å²) in [4.78, 5) is 21.5. The molecule has 0 rings (SSSR count). The van der Waals surface area contributed by atoms with Crippen molar-refractivity contribution in [2.24, 2.45) is 0 Å². The van der Waals surface area contributed by atoms with Gasteiger partial charge >= 0.3 is 29.9 Å². The minimum absolute atomic E-state index is 0.453. The molecule has 0 amide bonds. The van der Waals surface area contributed by atoms with Gasteiger partial charge in [-0.05, 0) is 11.8 Å². The van der Waals surface area contributed by atoms with Gasteiger partial charge in [-0.1, -0.05) is 0 Å². The maximum absolute atomic E-state index is 13.2. The minimum atomic E-state index is -7.53. The Morgan fingerprint density at radius 1 is 0.720 bits per heavy atom. The molecule has 0 atom stereocenters. The van der Waals surface area contributed by atoms with Crippen LogP contribution in [0.4, 0.5) is 48.3 Å². The molecule has 0 spiro atoms. The summed E-state index contributed by atoms with van der Waals surface area (Å²) in [6, 6.07) is 0. The van der Waals surface area contributed by atoms with Crippen LogP contribution in [0.2, 0.25) is 0 Å². The number of hydrogen-bond acceptors (Lipinski definition) is 4. The molecule has 0 saturated carbocycles. The lowest BCUT2D eigenvalue weighted by molar-refractivity contribution is -0.422. The zero-order chi connectivity index (χ0) is 20.5. The topological polar surface area (TPSA) is 54.4 Å². The number of carbonyl (C=O) groups is 2. The quantitative estimate of drug-likeness (QED) is 0.644. The summed E-state index contributed by atoms with van der Waals surface area (Å²) < 4.78 is 139. The van der Waals surface area contributed by atoms with E-state index in [9.17, 15) is 57.9 Å². The van der Waals surface area contributed by atoms with Gasteiger partial charge in [0, 0.05) is 12.8 Å². The summed E-state index contributed by atoms with van der Waals surface area (Å²) in [6.07, 6.45) is -11.5. The molecule has 0 radical (unpaired) electrons. The molecule has 15 heteroatoms. The van der Waals surface area contributed by atoms with Crippen LogP contribution in [0.5, 0.6) is 0 Å². The van der Waals surface area contributed by atoms with Crippen LogP contribution in [-0.2, 0) is 9.59 Å². The summed E-state index contributed by atoms with van der Waals surface area (Å²) in [6.45, 7) is -1.27. The molecule has 0 aliphatic heterocycles. The van der Waals surface area contributed by atoms with Gasteiger partial charge in [-0.2, -0.15) is 48.3 Å². The molecule has 0 aliphatic rings. The average molecular weight is 416 g/mol. The highest BCUT2D eigenvalue weighted by Crippen LogP contribution is 2.58. The summed E-state index contributed by atoms with van der Waals surface area (Å²) in [7, 11) is 0. The molecule has 3 nitrogen and oxygen atoms in total. The van der Waals surface area contributed by atoms with Gasteiger partial charge in [0.05, 0.1) is 0 Å². The molecular formula is C10H7F11O3S. The van der Waals surface area contributed by atoms with Crippen LogP contribution in [0.15, 0.2) is 0 Å². The van der Waals surface area contributed by atoms with Gasteiger partial charge in [0.15, 0.2) is 5.12 Å². The Hall–Kier alpha value is -1.12. The van der Waals surface area contributed by atoms with Crippen molar-refractivity contribution in [3.8, 4) is 0 Å². The molecule has 0 aromatic heterocycles. The lowest BCUT2D eigenvalue weighted by Crippen LogP contribution is -2.66. The molecule has 148 valence electrons. The Balaban J connectivity index is 5.46. The smallest absolute Gasteiger partial charge is 0.388 e. The van der Waals surface area contributed by atoms with Crippen molar-refractivity contribution < 1.29 is 63.0 Å². The van der Waals surface area contributed by atoms with E-state index in [4.69, 9.17) is 5.11 Å². The average Bonchev–Trinajstić information content (AvgIpc) is 2.43. The number of halogens is 11. The van der Waals surface area contributed by atoms with Crippen molar-refractivity contribution in [3.05, 3.63) is 0 Å². The largest absolute Gasteiger partial charge is 0.460 e. The van der Waals surface area contributed by atoms with Crippen molar-refractivity contribution in [3.63, 3.8) is 0 Å². The predicted octanol–water partition coefficient (Wildman–Crippen LogP) is 3.65. The summed E-state index contributed by atoms with van der Waals surface area (Å²) in [5.41, 5.74) is 0. The molecule has 0 heterocycles. The van der Waals surface area contributed by atoms with E-state index in [1.165, 1.54) is 0 Å². The van der Waals surface area contributed by atoms with Gasteiger partial charge in [-0.3, -0.25) is 9.59 Å². The lowest BCUT2D eigenvalue weighted by atomic mass is 9.95. The fraction of sp³-hybridized carbons (Fsp3) is 0.800. The second-order valence-corrected chi connectivity index (χ2v) is 5.54. The number of rotatable bonds is 7. The van der Waals surface area contributed by atoms with E-state index >= 15 is 0 Å². The number of alkyl halides is 11. The van der Waals surface area contributed by atoms with E-state index in [1.807, 2.05) is 0 Å².